The van der Waals surface area contributed by atoms with Crippen LogP contribution in [0.1, 0.15) is 17.9 Å². The van der Waals surface area contributed by atoms with E-state index in [0.29, 0.717) is 6.54 Å². The number of nitrogens with zero attached hydrogens (tertiary/aromatic N) is 1. The first-order chi connectivity index (χ1) is 4.83. The van der Waals surface area contributed by atoms with E-state index in [4.69, 9.17) is 10.3 Å². The summed E-state index contributed by atoms with van der Waals surface area (Å²) in [5, 5.41) is 3.75. The van der Waals surface area contributed by atoms with Gasteiger partial charge in [-0.25, -0.2) is 0 Å². The van der Waals surface area contributed by atoms with Crippen LogP contribution < -0.4 is 5.73 Å². The molecule has 11 heavy (non-hydrogen) atoms. The van der Waals surface area contributed by atoms with Gasteiger partial charge in [-0.1, -0.05) is 5.16 Å². The lowest BCUT2D eigenvalue weighted by molar-refractivity contribution is 0.377. The molecule has 0 bridgehead atoms. The molecule has 0 saturated heterocycles. The molecule has 0 saturated carbocycles. The van der Waals surface area contributed by atoms with Gasteiger partial charge in [-0.05, 0) is 19.9 Å². The second-order valence-corrected chi connectivity index (χ2v) is 2.33. The molecule has 0 spiro atoms. The third-order valence-electron chi connectivity index (χ3n) is 1.30. The minimum absolute atomic E-state index is 0. The Hall–Kier alpha value is -0.540. The predicted molar refractivity (Wildman–Crippen MR) is 45.9 cm³/mol. The van der Waals surface area contributed by atoms with Gasteiger partial charge in [-0.15, -0.1) is 12.4 Å². The maximum Gasteiger partial charge on any atom is 0.137 e. The van der Waals surface area contributed by atoms with Gasteiger partial charge in [0.15, 0.2) is 0 Å². The first-order valence-corrected chi connectivity index (χ1v) is 3.45. The van der Waals surface area contributed by atoms with E-state index in [-0.39, 0.29) is 12.4 Å². The van der Waals surface area contributed by atoms with E-state index in [0.717, 1.165) is 24.3 Å². The predicted octanol–water partition coefficient (Wildman–Crippen LogP) is 1.30. The molecule has 1 aromatic rings. The van der Waals surface area contributed by atoms with Crippen LogP contribution in [0.15, 0.2) is 10.6 Å². The van der Waals surface area contributed by atoms with E-state index >= 15 is 0 Å². The maximum atomic E-state index is 5.32. The number of nitrogens with two attached hydrogens (primary N) is 1. The van der Waals surface area contributed by atoms with Crippen molar-refractivity contribution in [1.29, 1.82) is 0 Å². The van der Waals surface area contributed by atoms with Crippen molar-refractivity contribution in [3.63, 3.8) is 0 Å². The largest absolute Gasteiger partial charge is 0.361 e. The van der Waals surface area contributed by atoms with Crippen LogP contribution in [-0.4, -0.2) is 11.7 Å². The Labute approximate surface area is 72.3 Å². The van der Waals surface area contributed by atoms with E-state index < -0.39 is 0 Å². The van der Waals surface area contributed by atoms with Crippen LogP contribution in [0.3, 0.4) is 0 Å². The highest BCUT2D eigenvalue weighted by molar-refractivity contribution is 5.85. The minimum Gasteiger partial charge on any atom is -0.361 e. The molecule has 2 N–H and O–H groups in total. The highest BCUT2D eigenvalue weighted by Crippen LogP contribution is 2.03. The molecule has 0 fully saturated rings. The first-order valence-electron chi connectivity index (χ1n) is 3.45. The van der Waals surface area contributed by atoms with E-state index in [2.05, 4.69) is 5.16 Å². The fourth-order valence-corrected chi connectivity index (χ4v) is 0.810. The Morgan fingerprint density at radius 1 is 1.64 bits per heavy atom. The third kappa shape index (κ3) is 3.39. The van der Waals surface area contributed by atoms with Crippen LogP contribution in [-0.2, 0) is 6.42 Å². The Morgan fingerprint density at radius 3 is 2.82 bits per heavy atom. The molecular formula is C7H13ClN2O. The molecule has 0 atom stereocenters. The number of halogens is 1. The SMILES string of the molecule is Cc1cc(CCCN)on1.Cl. The van der Waals surface area contributed by atoms with Crippen molar-refractivity contribution in [3.05, 3.63) is 17.5 Å². The summed E-state index contributed by atoms with van der Waals surface area (Å²) >= 11 is 0. The Bertz CT molecular complexity index is 200. The Balaban J connectivity index is 0.000001000. The fraction of sp³-hybridized carbons (Fsp3) is 0.571. The Kier molecular flexibility index (Phi) is 4.90. The molecule has 1 heterocycles. The summed E-state index contributed by atoms with van der Waals surface area (Å²) in [6, 6.07) is 1.94. The second kappa shape index (κ2) is 5.16. The van der Waals surface area contributed by atoms with Crippen LogP contribution in [0.4, 0.5) is 0 Å². The summed E-state index contributed by atoms with van der Waals surface area (Å²) in [6.45, 7) is 2.62. The fourth-order valence-electron chi connectivity index (χ4n) is 0.810. The summed E-state index contributed by atoms with van der Waals surface area (Å²) in [5.74, 6) is 0.933. The van der Waals surface area contributed by atoms with Crippen LogP contribution in [0.2, 0.25) is 0 Å². The molecule has 1 aromatic heterocycles. The van der Waals surface area contributed by atoms with E-state index in [9.17, 15) is 0 Å². The molecule has 0 unspecified atom stereocenters. The van der Waals surface area contributed by atoms with E-state index in [1.54, 1.807) is 0 Å². The molecule has 0 aliphatic rings. The highest BCUT2D eigenvalue weighted by atomic mass is 35.5. The second-order valence-electron chi connectivity index (χ2n) is 2.33. The van der Waals surface area contributed by atoms with E-state index in [1.807, 2.05) is 13.0 Å². The quantitative estimate of drug-likeness (QED) is 0.756. The van der Waals surface area contributed by atoms with Gasteiger partial charge in [0.2, 0.25) is 0 Å². The van der Waals surface area contributed by atoms with Crippen LogP contribution in [0, 0.1) is 6.92 Å². The van der Waals surface area contributed by atoms with Gasteiger partial charge >= 0.3 is 0 Å². The van der Waals surface area contributed by atoms with Gasteiger partial charge in [0.25, 0.3) is 0 Å². The Morgan fingerprint density at radius 2 is 2.36 bits per heavy atom. The zero-order chi connectivity index (χ0) is 7.40. The van der Waals surface area contributed by atoms with Crippen LogP contribution in [0.25, 0.3) is 0 Å². The zero-order valence-corrected chi connectivity index (χ0v) is 7.36. The van der Waals surface area contributed by atoms with Gasteiger partial charge in [0.05, 0.1) is 5.69 Å². The number of aryl methyl sites for hydroxylation is 2. The van der Waals surface area contributed by atoms with Crippen molar-refractivity contribution in [2.45, 2.75) is 19.8 Å². The maximum absolute atomic E-state index is 5.32. The number of hydrogen-bond acceptors (Lipinski definition) is 3. The lowest BCUT2D eigenvalue weighted by atomic mass is 10.2. The smallest absolute Gasteiger partial charge is 0.137 e. The molecule has 0 aliphatic carbocycles. The number of rotatable bonds is 3. The molecule has 0 radical (unpaired) electrons. The van der Waals surface area contributed by atoms with E-state index in [1.165, 1.54) is 0 Å². The average Bonchev–Trinajstić information content (AvgIpc) is 2.31. The molecule has 0 aromatic carbocycles. The molecule has 1 rings (SSSR count). The molecular weight excluding hydrogens is 164 g/mol. The van der Waals surface area contributed by atoms with Crippen LogP contribution >= 0.6 is 12.4 Å². The normalized spacial score (nSPS) is 9.27. The summed E-state index contributed by atoms with van der Waals surface area (Å²) in [6.07, 6.45) is 1.87. The average molecular weight is 177 g/mol. The topological polar surface area (TPSA) is 52.0 Å². The van der Waals surface area contributed by atoms with Gasteiger partial charge in [0, 0.05) is 12.5 Å². The van der Waals surface area contributed by atoms with Gasteiger partial charge in [0.1, 0.15) is 5.76 Å². The lowest BCUT2D eigenvalue weighted by Crippen LogP contribution is -1.99. The van der Waals surface area contributed by atoms with Gasteiger partial charge in [-0.2, -0.15) is 0 Å². The lowest BCUT2D eigenvalue weighted by Gasteiger charge is -1.88. The first kappa shape index (κ1) is 10.5. The number of hydrogen-bond donors (Lipinski definition) is 1. The van der Waals surface area contributed by atoms with Crippen molar-refractivity contribution in [2.75, 3.05) is 6.54 Å². The number of aromatic nitrogens is 1. The molecule has 0 aliphatic heterocycles. The van der Waals surface area contributed by atoms with Gasteiger partial charge in [-0.3, -0.25) is 0 Å². The zero-order valence-electron chi connectivity index (χ0n) is 6.54. The molecule has 64 valence electrons. The van der Waals surface area contributed by atoms with Crippen molar-refractivity contribution in [3.8, 4) is 0 Å². The van der Waals surface area contributed by atoms with Gasteiger partial charge < -0.3 is 10.3 Å². The van der Waals surface area contributed by atoms with Crippen LogP contribution in [0.5, 0.6) is 0 Å². The third-order valence-corrected chi connectivity index (χ3v) is 1.30. The van der Waals surface area contributed by atoms with Crippen molar-refractivity contribution < 1.29 is 4.52 Å². The summed E-state index contributed by atoms with van der Waals surface area (Å²) in [4.78, 5) is 0. The summed E-state index contributed by atoms with van der Waals surface area (Å²) in [7, 11) is 0. The standard InChI is InChI=1S/C7H12N2O.ClH/c1-6-5-7(10-9-6)3-2-4-8;/h5H,2-4,8H2,1H3;1H. The highest BCUT2D eigenvalue weighted by Gasteiger charge is 1.97. The minimum atomic E-state index is 0. The molecule has 3 nitrogen and oxygen atoms in total. The van der Waals surface area contributed by atoms with Crippen molar-refractivity contribution in [2.24, 2.45) is 5.73 Å². The van der Waals surface area contributed by atoms with Crippen molar-refractivity contribution >= 4 is 12.4 Å². The summed E-state index contributed by atoms with van der Waals surface area (Å²) in [5.41, 5.74) is 6.26. The van der Waals surface area contributed by atoms with Crippen molar-refractivity contribution in [1.82, 2.24) is 5.16 Å². The monoisotopic (exact) mass is 176 g/mol. The summed E-state index contributed by atoms with van der Waals surface area (Å²) < 4.78 is 4.96. The molecule has 4 heteroatoms. The molecule has 0 amide bonds.